The minimum Gasteiger partial charge on any atom is -0.497 e. The van der Waals surface area contributed by atoms with E-state index in [1.54, 1.807) is 7.11 Å². The zero-order valence-corrected chi connectivity index (χ0v) is 16.6. The van der Waals surface area contributed by atoms with Crippen LogP contribution in [0.25, 0.3) is 10.8 Å². The molecular weight excluding hydrogens is 350 g/mol. The SMILES string of the molecule is COc1ccc2cc(C3CN(Cc4cnn(C)c4C4CC4)CCO3)ccc2c1. The van der Waals surface area contributed by atoms with Crippen molar-refractivity contribution in [1.82, 2.24) is 14.7 Å². The molecule has 0 N–H and O–H groups in total. The highest BCUT2D eigenvalue weighted by Gasteiger charge is 2.30. The van der Waals surface area contributed by atoms with Crippen molar-refractivity contribution in [2.45, 2.75) is 31.4 Å². The lowest BCUT2D eigenvalue weighted by Gasteiger charge is -2.33. The van der Waals surface area contributed by atoms with E-state index >= 15 is 0 Å². The molecule has 2 aromatic carbocycles. The second kappa shape index (κ2) is 7.22. The molecule has 1 aliphatic heterocycles. The second-order valence-electron chi connectivity index (χ2n) is 8.02. The van der Waals surface area contributed by atoms with Gasteiger partial charge in [0.2, 0.25) is 0 Å². The summed E-state index contributed by atoms with van der Waals surface area (Å²) in [4.78, 5) is 2.51. The zero-order chi connectivity index (χ0) is 19.1. The Bertz CT molecular complexity index is 993. The lowest BCUT2D eigenvalue weighted by Crippen LogP contribution is -2.37. The molecule has 1 saturated carbocycles. The van der Waals surface area contributed by atoms with Crippen LogP contribution in [0.4, 0.5) is 0 Å². The average molecular weight is 377 g/mol. The van der Waals surface area contributed by atoms with E-state index in [9.17, 15) is 0 Å². The Hall–Kier alpha value is -2.37. The molecule has 1 aromatic heterocycles. The van der Waals surface area contributed by atoms with Gasteiger partial charge in [-0.1, -0.05) is 18.2 Å². The van der Waals surface area contributed by atoms with Gasteiger partial charge in [-0.15, -0.1) is 0 Å². The van der Waals surface area contributed by atoms with Gasteiger partial charge in [-0.3, -0.25) is 9.58 Å². The van der Waals surface area contributed by atoms with Gasteiger partial charge < -0.3 is 9.47 Å². The van der Waals surface area contributed by atoms with Gasteiger partial charge in [0.05, 0.1) is 26.0 Å². The standard InChI is InChI=1S/C23H27N3O2/c1-25-23(16-3-4-16)20(13-24-25)14-26-9-10-28-22(15-26)19-6-5-18-12-21(27-2)8-7-17(18)11-19/h5-8,11-13,16,22H,3-4,9-10,14-15H2,1-2H3. The average Bonchev–Trinajstić information content (AvgIpc) is 3.50. The first-order valence-electron chi connectivity index (χ1n) is 10.1. The van der Waals surface area contributed by atoms with Gasteiger partial charge in [0.25, 0.3) is 0 Å². The van der Waals surface area contributed by atoms with E-state index < -0.39 is 0 Å². The van der Waals surface area contributed by atoms with E-state index in [1.165, 1.54) is 40.4 Å². The molecule has 1 atom stereocenters. The van der Waals surface area contributed by atoms with Gasteiger partial charge in [-0.25, -0.2) is 0 Å². The highest BCUT2D eigenvalue weighted by atomic mass is 16.5. The van der Waals surface area contributed by atoms with Crippen LogP contribution >= 0.6 is 0 Å². The van der Waals surface area contributed by atoms with Crippen molar-refractivity contribution in [3.8, 4) is 5.75 Å². The molecule has 0 radical (unpaired) electrons. The third kappa shape index (κ3) is 3.40. The molecule has 0 amide bonds. The maximum atomic E-state index is 6.13. The molecule has 0 spiro atoms. The zero-order valence-electron chi connectivity index (χ0n) is 16.6. The van der Waals surface area contributed by atoms with Crippen molar-refractivity contribution >= 4 is 10.8 Å². The number of benzene rings is 2. The van der Waals surface area contributed by atoms with Crippen molar-refractivity contribution in [1.29, 1.82) is 0 Å². The number of aromatic nitrogens is 2. The van der Waals surface area contributed by atoms with Crippen LogP contribution < -0.4 is 4.74 Å². The largest absolute Gasteiger partial charge is 0.497 e. The Morgan fingerprint density at radius 1 is 1.14 bits per heavy atom. The van der Waals surface area contributed by atoms with Crippen LogP contribution in [0.15, 0.2) is 42.6 Å². The molecule has 2 heterocycles. The number of nitrogens with zero attached hydrogens (tertiary/aromatic N) is 3. The van der Waals surface area contributed by atoms with Crippen molar-refractivity contribution in [2.24, 2.45) is 7.05 Å². The molecule has 2 fully saturated rings. The van der Waals surface area contributed by atoms with Crippen molar-refractivity contribution in [3.63, 3.8) is 0 Å². The van der Waals surface area contributed by atoms with Crippen LogP contribution in [0.5, 0.6) is 5.75 Å². The molecule has 1 unspecified atom stereocenters. The van der Waals surface area contributed by atoms with E-state index in [-0.39, 0.29) is 6.10 Å². The van der Waals surface area contributed by atoms with Gasteiger partial charge in [0.1, 0.15) is 5.75 Å². The molecule has 3 aromatic rings. The number of hydrogen-bond donors (Lipinski definition) is 0. The number of morpholine rings is 1. The third-order valence-corrected chi connectivity index (χ3v) is 6.02. The molecule has 2 aliphatic rings. The Kier molecular flexibility index (Phi) is 4.57. The fourth-order valence-corrected chi connectivity index (χ4v) is 4.36. The first-order chi connectivity index (χ1) is 13.7. The summed E-state index contributed by atoms with van der Waals surface area (Å²) in [6.45, 7) is 3.62. The lowest BCUT2D eigenvalue weighted by atomic mass is 10.0. The van der Waals surface area contributed by atoms with Crippen LogP contribution in [-0.4, -0.2) is 41.5 Å². The minimum absolute atomic E-state index is 0.112. The number of methoxy groups -OCH3 is 1. The smallest absolute Gasteiger partial charge is 0.119 e. The van der Waals surface area contributed by atoms with E-state index in [0.717, 1.165) is 37.9 Å². The number of ether oxygens (including phenoxy) is 2. The Balaban J connectivity index is 1.33. The van der Waals surface area contributed by atoms with Crippen LogP contribution in [0.3, 0.4) is 0 Å². The molecule has 146 valence electrons. The quantitative estimate of drug-likeness (QED) is 0.673. The van der Waals surface area contributed by atoms with E-state index in [0.29, 0.717) is 0 Å². The van der Waals surface area contributed by atoms with E-state index in [2.05, 4.69) is 58.3 Å². The fraction of sp³-hybridized carbons (Fsp3) is 0.435. The number of hydrogen-bond acceptors (Lipinski definition) is 4. The van der Waals surface area contributed by atoms with Gasteiger partial charge in [0, 0.05) is 43.9 Å². The number of fused-ring (bicyclic) bond motifs is 1. The van der Waals surface area contributed by atoms with Crippen molar-refractivity contribution in [3.05, 3.63) is 59.4 Å². The Morgan fingerprint density at radius 3 is 2.79 bits per heavy atom. The Labute approximate surface area is 165 Å². The monoisotopic (exact) mass is 377 g/mol. The molecule has 5 rings (SSSR count). The van der Waals surface area contributed by atoms with Gasteiger partial charge in [-0.2, -0.15) is 5.10 Å². The van der Waals surface area contributed by atoms with E-state index in [1.807, 2.05) is 6.07 Å². The first kappa shape index (κ1) is 17.7. The molecule has 5 nitrogen and oxygen atoms in total. The summed E-state index contributed by atoms with van der Waals surface area (Å²) < 4.78 is 13.5. The van der Waals surface area contributed by atoms with Gasteiger partial charge in [-0.05, 0) is 47.4 Å². The van der Waals surface area contributed by atoms with Gasteiger partial charge >= 0.3 is 0 Å². The van der Waals surface area contributed by atoms with Crippen LogP contribution in [0, 0.1) is 0 Å². The maximum absolute atomic E-state index is 6.13. The van der Waals surface area contributed by atoms with Crippen molar-refractivity contribution < 1.29 is 9.47 Å². The van der Waals surface area contributed by atoms with Crippen LogP contribution in [0.1, 0.15) is 41.7 Å². The topological polar surface area (TPSA) is 39.5 Å². The normalized spacial score (nSPS) is 20.6. The van der Waals surface area contributed by atoms with Gasteiger partial charge in [0.15, 0.2) is 0 Å². The Morgan fingerprint density at radius 2 is 1.96 bits per heavy atom. The fourth-order valence-electron chi connectivity index (χ4n) is 4.36. The predicted octanol–water partition coefficient (Wildman–Crippen LogP) is 4.03. The summed E-state index contributed by atoms with van der Waals surface area (Å²) in [6, 6.07) is 12.8. The summed E-state index contributed by atoms with van der Waals surface area (Å²) in [5, 5.41) is 6.94. The molecule has 0 bridgehead atoms. The molecule has 5 heteroatoms. The van der Waals surface area contributed by atoms with Crippen molar-refractivity contribution in [2.75, 3.05) is 26.8 Å². The number of rotatable bonds is 5. The van der Waals surface area contributed by atoms with Crippen LogP contribution in [0.2, 0.25) is 0 Å². The molecular formula is C23H27N3O2. The maximum Gasteiger partial charge on any atom is 0.119 e. The first-order valence-corrected chi connectivity index (χ1v) is 10.1. The summed E-state index contributed by atoms with van der Waals surface area (Å²) in [5.74, 6) is 1.61. The molecule has 1 aliphatic carbocycles. The minimum atomic E-state index is 0.112. The predicted molar refractivity (Wildman–Crippen MR) is 110 cm³/mol. The summed E-state index contributed by atoms with van der Waals surface area (Å²) >= 11 is 0. The van der Waals surface area contributed by atoms with Crippen LogP contribution in [-0.2, 0) is 18.3 Å². The highest BCUT2D eigenvalue weighted by molar-refractivity contribution is 5.84. The molecule has 1 saturated heterocycles. The summed E-state index contributed by atoms with van der Waals surface area (Å²) in [7, 11) is 3.78. The molecule has 28 heavy (non-hydrogen) atoms. The summed E-state index contributed by atoms with van der Waals surface area (Å²) in [5.41, 5.74) is 4.06. The highest BCUT2D eigenvalue weighted by Crippen LogP contribution is 2.41. The summed E-state index contributed by atoms with van der Waals surface area (Å²) in [6.07, 6.45) is 4.78. The number of aryl methyl sites for hydroxylation is 1. The third-order valence-electron chi connectivity index (χ3n) is 6.02. The van der Waals surface area contributed by atoms with E-state index in [4.69, 9.17) is 9.47 Å². The lowest BCUT2D eigenvalue weighted by molar-refractivity contribution is -0.0329. The second-order valence-corrected chi connectivity index (χ2v) is 8.02.